The predicted octanol–water partition coefficient (Wildman–Crippen LogP) is 1.31. The third-order valence-corrected chi connectivity index (χ3v) is 3.51. The summed E-state index contributed by atoms with van der Waals surface area (Å²) in [5, 5.41) is 10.9. The zero-order chi connectivity index (χ0) is 13.7. The van der Waals surface area contributed by atoms with Gasteiger partial charge >= 0.3 is 6.01 Å². The molecular weight excluding hydrogens is 242 g/mol. The van der Waals surface area contributed by atoms with Crippen LogP contribution in [0.15, 0.2) is 4.42 Å². The van der Waals surface area contributed by atoms with Crippen LogP contribution in [0.2, 0.25) is 0 Å². The van der Waals surface area contributed by atoms with Crippen LogP contribution < -0.4 is 11.1 Å². The van der Waals surface area contributed by atoms with Crippen LogP contribution in [0.1, 0.15) is 32.6 Å². The van der Waals surface area contributed by atoms with Gasteiger partial charge in [0, 0.05) is 13.1 Å². The molecule has 1 fully saturated rings. The lowest BCUT2D eigenvalue weighted by atomic mass is 9.96. The summed E-state index contributed by atoms with van der Waals surface area (Å²) in [6.45, 7) is 9.36. The molecule has 108 valence electrons. The fraction of sp³-hybridized carbons (Fsp3) is 0.846. The molecule has 0 spiro atoms. The molecule has 0 bridgehead atoms. The van der Waals surface area contributed by atoms with Gasteiger partial charge in [-0.2, -0.15) is 0 Å². The third-order valence-electron chi connectivity index (χ3n) is 3.51. The molecule has 1 aromatic heterocycles. The predicted molar refractivity (Wildman–Crippen MR) is 74.7 cm³/mol. The molecule has 1 aliphatic heterocycles. The molecular formula is C13H25N5O. The molecule has 0 atom stereocenters. The number of hydrogen-bond donors (Lipinski definition) is 2. The Hall–Kier alpha value is -1.14. The van der Waals surface area contributed by atoms with E-state index in [9.17, 15) is 0 Å². The molecule has 2 heterocycles. The van der Waals surface area contributed by atoms with Gasteiger partial charge in [-0.1, -0.05) is 18.9 Å². The molecule has 6 nitrogen and oxygen atoms in total. The molecule has 0 amide bonds. The number of nitrogens with zero attached hydrogens (tertiary/aromatic N) is 3. The van der Waals surface area contributed by atoms with Crippen LogP contribution in [0, 0.1) is 11.8 Å². The molecule has 1 aliphatic rings. The minimum Gasteiger partial charge on any atom is -0.407 e. The Balaban J connectivity index is 1.68. The maximum absolute atomic E-state index is 5.43. The van der Waals surface area contributed by atoms with Crippen molar-refractivity contribution < 1.29 is 4.42 Å². The number of hydrogen-bond acceptors (Lipinski definition) is 6. The number of aromatic nitrogens is 2. The van der Waals surface area contributed by atoms with Crippen molar-refractivity contribution in [2.24, 2.45) is 17.6 Å². The van der Waals surface area contributed by atoms with Crippen molar-refractivity contribution >= 4 is 6.01 Å². The second kappa shape index (κ2) is 6.86. The Morgan fingerprint density at radius 3 is 2.68 bits per heavy atom. The molecule has 3 N–H and O–H groups in total. The summed E-state index contributed by atoms with van der Waals surface area (Å²) in [4.78, 5) is 2.56. The zero-order valence-corrected chi connectivity index (χ0v) is 11.9. The van der Waals surface area contributed by atoms with Gasteiger partial charge < -0.3 is 20.4 Å². The van der Waals surface area contributed by atoms with Gasteiger partial charge in [0.15, 0.2) is 0 Å². The number of nitrogens with two attached hydrogens (primary N) is 1. The number of piperidine rings is 1. The standard InChI is InChI=1S/C13H25N5O/c1-10(2)9-18-5-3-11(4-6-18)8-15-13-17-16-12(7-14)19-13/h10-11H,3-9,14H2,1-2H3,(H,15,17). The van der Waals surface area contributed by atoms with Gasteiger partial charge in [-0.15, -0.1) is 5.10 Å². The van der Waals surface area contributed by atoms with Crippen molar-refractivity contribution in [3.8, 4) is 0 Å². The van der Waals surface area contributed by atoms with E-state index in [1.54, 1.807) is 0 Å². The third kappa shape index (κ3) is 4.47. The Bertz CT molecular complexity index is 371. The molecule has 0 aromatic carbocycles. The van der Waals surface area contributed by atoms with E-state index < -0.39 is 0 Å². The largest absolute Gasteiger partial charge is 0.407 e. The van der Waals surface area contributed by atoms with Crippen LogP contribution in [0.5, 0.6) is 0 Å². The van der Waals surface area contributed by atoms with Crippen molar-refractivity contribution in [1.29, 1.82) is 0 Å². The van der Waals surface area contributed by atoms with E-state index in [1.807, 2.05) is 0 Å². The Kier molecular flexibility index (Phi) is 5.15. The van der Waals surface area contributed by atoms with Crippen LogP contribution in [0.25, 0.3) is 0 Å². The molecule has 0 aliphatic carbocycles. The van der Waals surface area contributed by atoms with E-state index in [2.05, 4.69) is 34.3 Å². The number of anilines is 1. The highest BCUT2D eigenvalue weighted by Crippen LogP contribution is 2.18. The molecule has 0 radical (unpaired) electrons. The quantitative estimate of drug-likeness (QED) is 0.809. The van der Waals surface area contributed by atoms with Gasteiger partial charge in [-0.25, -0.2) is 0 Å². The van der Waals surface area contributed by atoms with Crippen molar-refractivity contribution in [2.45, 2.75) is 33.2 Å². The van der Waals surface area contributed by atoms with Gasteiger partial charge in [0.05, 0.1) is 6.54 Å². The molecule has 2 rings (SSSR count). The average molecular weight is 267 g/mol. The minimum atomic E-state index is 0.294. The molecule has 1 aromatic rings. The Morgan fingerprint density at radius 1 is 1.37 bits per heavy atom. The fourth-order valence-electron chi connectivity index (χ4n) is 2.53. The maximum atomic E-state index is 5.43. The first kappa shape index (κ1) is 14.3. The zero-order valence-electron chi connectivity index (χ0n) is 11.9. The van der Waals surface area contributed by atoms with Crippen molar-refractivity contribution in [1.82, 2.24) is 15.1 Å². The van der Waals surface area contributed by atoms with E-state index in [0.29, 0.717) is 24.4 Å². The molecule has 1 saturated heterocycles. The first-order valence-corrected chi connectivity index (χ1v) is 7.16. The van der Waals surface area contributed by atoms with Crippen molar-refractivity contribution in [2.75, 3.05) is 31.5 Å². The van der Waals surface area contributed by atoms with Crippen LogP contribution in [0.3, 0.4) is 0 Å². The highest BCUT2D eigenvalue weighted by molar-refractivity contribution is 5.16. The SMILES string of the molecule is CC(C)CN1CCC(CNc2nnc(CN)o2)CC1. The summed E-state index contributed by atoms with van der Waals surface area (Å²) in [5.74, 6) is 1.92. The van der Waals surface area contributed by atoms with E-state index in [1.165, 1.54) is 32.5 Å². The second-order valence-corrected chi connectivity index (χ2v) is 5.72. The van der Waals surface area contributed by atoms with Crippen LogP contribution >= 0.6 is 0 Å². The van der Waals surface area contributed by atoms with E-state index in [4.69, 9.17) is 10.2 Å². The molecule has 6 heteroatoms. The van der Waals surface area contributed by atoms with Crippen LogP contribution in [-0.2, 0) is 6.54 Å². The van der Waals surface area contributed by atoms with Crippen LogP contribution in [-0.4, -0.2) is 41.3 Å². The summed E-state index contributed by atoms with van der Waals surface area (Å²) < 4.78 is 5.33. The highest BCUT2D eigenvalue weighted by atomic mass is 16.4. The summed E-state index contributed by atoms with van der Waals surface area (Å²) in [5.41, 5.74) is 5.43. The smallest absolute Gasteiger partial charge is 0.315 e. The monoisotopic (exact) mass is 267 g/mol. The normalized spacial score (nSPS) is 18.1. The summed E-state index contributed by atoms with van der Waals surface area (Å²) >= 11 is 0. The second-order valence-electron chi connectivity index (χ2n) is 5.72. The Labute approximate surface area is 114 Å². The molecule has 0 unspecified atom stereocenters. The number of rotatable bonds is 6. The van der Waals surface area contributed by atoms with Gasteiger partial charge in [0.1, 0.15) is 0 Å². The summed E-state index contributed by atoms with van der Waals surface area (Å²) in [6.07, 6.45) is 2.47. The molecule has 19 heavy (non-hydrogen) atoms. The van der Waals surface area contributed by atoms with Gasteiger partial charge in [-0.3, -0.25) is 0 Å². The highest BCUT2D eigenvalue weighted by Gasteiger charge is 2.19. The van der Waals surface area contributed by atoms with E-state index >= 15 is 0 Å². The van der Waals surface area contributed by atoms with Crippen molar-refractivity contribution in [3.63, 3.8) is 0 Å². The van der Waals surface area contributed by atoms with Gasteiger partial charge in [0.2, 0.25) is 5.89 Å². The lowest BCUT2D eigenvalue weighted by Gasteiger charge is -2.32. The Morgan fingerprint density at radius 2 is 2.11 bits per heavy atom. The lowest BCUT2D eigenvalue weighted by molar-refractivity contribution is 0.172. The van der Waals surface area contributed by atoms with Gasteiger partial charge in [0.25, 0.3) is 0 Å². The topological polar surface area (TPSA) is 80.2 Å². The van der Waals surface area contributed by atoms with E-state index in [-0.39, 0.29) is 0 Å². The first-order chi connectivity index (χ1) is 9.17. The van der Waals surface area contributed by atoms with Crippen LogP contribution in [0.4, 0.5) is 6.01 Å². The van der Waals surface area contributed by atoms with Crippen molar-refractivity contribution in [3.05, 3.63) is 5.89 Å². The first-order valence-electron chi connectivity index (χ1n) is 7.16. The minimum absolute atomic E-state index is 0.294. The fourth-order valence-corrected chi connectivity index (χ4v) is 2.53. The lowest BCUT2D eigenvalue weighted by Crippen LogP contribution is -2.37. The number of nitrogens with one attached hydrogen (secondary N) is 1. The summed E-state index contributed by atoms with van der Waals surface area (Å²) in [6, 6.07) is 0.491. The maximum Gasteiger partial charge on any atom is 0.315 e. The number of likely N-dealkylation sites (tertiary alicyclic amines) is 1. The summed E-state index contributed by atoms with van der Waals surface area (Å²) in [7, 11) is 0. The van der Waals surface area contributed by atoms with Gasteiger partial charge in [-0.05, 0) is 37.8 Å². The average Bonchev–Trinajstić information content (AvgIpc) is 2.85. The van der Waals surface area contributed by atoms with E-state index in [0.717, 1.165) is 12.5 Å². The molecule has 0 saturated carbocycles.